The van der Waals surface area contributed by atoms with Crippen molar-refractivity contribution in [1.82, 2.24) is 15.5 Å². The maximum absolute atomic E-state index is 12.5. The third-order valence-electron chi connectivity index (χ3n) is 4.32. The maximum atomic E-state index is 12.5. The van der Waals surface area contributed by atoms with E-state index >= 15 is 0 Å². The number of carbonyl (C=O) groups is 3. The van der Waals surface area contributed by atoms with Gasteiger partial charge in [-0.2, -0.15) is 0 Å². The molecule has 0 radical (unpaired) electrons. The zero-order valence-electron chi connectivity index (χ0n) is 15.0. The van der Waals surface area contributed by atoms with E-state index in [2.05, 4.69) is 10.6 Å². The highest BCUT2D eigenvalue weighted by atomic mass is 16.5. The highest BCUT2D eigenvalue weighted by molar-refractivity contribution is 6.06. The smallest absolute Gasteiger partial charge is 0.325 e. The molecule has 27 heavy (non-hydrogen) atoms. The molecule has 1 saturated heterocycles. The van der Waals surface area contributed by atoms with Crippen molar-refractivity contribution in [2.45, 2.75) is 19.0 Å². The third-order valence-corrected chi connectivity index (χ3v) is 4.32. The molecule has 1 aliphatic heterocycles. The summed E-state index contributed by atoms with van der Waals surface area (Å²) in [6.45, 7) is -0.0208. The lowest BCUT2D eigenvalue weighted by Gasteiger charge is -2.13. The minimum absolute atomic E-state index is 0.285. The first-order chi connectivity index (χ1) is 13.1. The predicted molar refractivity (Wildman–Crippen MR) is 99.0 cm³/mol. The molecule has 2 aromatic carbocycles. The average Bonchev–Trinajstić information content (AvgIpc) is 2.94. The number of benzene rings is 2. The van der Waals surface area contributed by atoms with E-state index in [1.807, 2.05) is 54.6 Å². The minimum Gasteiger partial charge on any atom is -0.497 e. The van der Waals surface area contributed by atoms with Gasteiger partial charge in [-0.3, -0.25) is 14.5 Å². The van der Waals surface area contributed by atoms with Gasteiger partial charge in [-0.05, 0) is 23.3 Å². The number of hydrogen-bond acceptors (Lipinski definition) is 4. The number of urea groups is 1. The standard InChI is InChI=1S/C20H21N3O4/c1-27-16-9-5-8-15(10-16)12-21-18(24)13-23-19(25)17(22-20(23)26)11-14-6-3-2-4-7-14/h2-10,17H,11-13H2,1H3,(H,21,24)(H,22,26). The molecule has 2 N–H and O–H groups in total. The fraction of sp³-hybridized carbons (Fsp3) is 0.250. The Bertz CT molecular complexity index is 838. The first-order valence-corrected chi connectivity index (χ1v) is 8.62. The van der Waals surface area contributed by atoms with Crippen molar-refractivity contribution in [3.63, 3.8) is 0 Å². The molecule has 2 aromatic rings. The lowest BCUT2D eigenvalue weighted by Crippen LogP contribution is -2.41. The van der Waals surface area contributed by atoms with E-state index in [0.717, 1.165) is 16.0 Å². The molecule has 7 heteroatoms. The molecule has 1 fully saturated rings. The van der Waals surface area contributed by atoms with Crippen LogP contribution in [-0.2, 0) is 22.6 Å². The Morgan fingerprint density at radius 1 is 1.11 bits per heavy atom. The predicted octanol–water partition coefficient (Wildman–Crippen LogP) is 1.47. The van der Waals surface area contributed by atoms with E-state index in [9.17, 15) is 14.4 Å². The van der Waals surface area contributed by atoms with Crippen molar-refractivity contribution in [3.8, 4) is 5.75 Å². The number of imide groups is 1. The summed E-state index contributed by atoms with van der Waals surface area (Å²) in [6.07, 6.45) is 0.396. The van der Waals surface area contributed by atoms with Crippen LogP contribution < -0.4 is 15.4 Å². The SMILES string of the molecule is COc1cccc(CNC(=O)CN2C(=O)NC(Cc3ccccc3)C2=O)c1. The third kappa shape index (κ3) is 4.63. The lowest BCUT2D eigenvalue weighted by atomic mass is 10.1. The van der Waals surface area contributed by atoms with Crippen molar-refractivity contribution in [2.24, 2.45) is 0 Å². The largest absolute Gasteiger partial charge is 0.497 e. The highest BCUT2D eigenvalue weighted by Gasteiger charge is 2.38. The molecular formula is C20H21N3O4. The van der Waals surface area contributed by atoms with Gasteiger partial charge < -0.3 is 15.4 Å². The van der Waals surface area contributed by atoms with Crippen LogP contribution in [0.2, 0.25) is 0 Å². The van der Waals surface area contributed by atoms with E-state index in [1.54, 1.807) is 7.11 Å². The summed E-state index contributed by atoms with van der Waals surface area (Å²) in [6, 6.07) is 15.5. The summed E-state index contributed by atoms with van der Waals surface area (Å²) < 4.78 is 5.14. The van der Waals surface area contributed by atoms with E-state index < -0.39 is 18.0 Å². The first-order valence-electron chi connectivity index (χ1n) is 8.62. The summed E-state index contributed by atoms with van der Waals surface area (Å²) in [5, 5.41) is 5.35. The molecule has 3 rings (SSSR count). The maximum Gasteiger partial charge on any atom is 0.325 e. The fourth-order valence-corrected chi connectivity index (χ4v) is 2.90. The normalized spacial score (nSPS) is 16.2. The van der Waals surface area contributed by atoms with Gasteiger partial charge in [0.1, 0.15) is 18.3 Å². The van der Waals surface area contributed by atoms with Crippen LogP contribution in [0, 0.1) is 0 Å². The first kappa shape index (κ1) is 18.4. The van der Waals surface area contributed by atoms with Crippen LogP contribution in [0.15, 0.2) is 54.6 Å². The van der Waals surface area contributed by atoms with Gasteiger partial charge in [-0.1, -0.05) is 42.5 Å². The Kier molecular flexibility index (Phi) is 5.71. The molecule has 7 nitrogen and oxygen atoms in total. The van der Waals surface area contributed by atoms with Gasteiger partial charge in [0, 0.05) is 13.0 Å². The Labute approximate surface area is 157 Å². The Morgan fingerprint density at radius 2 is 1.85 bits per heavy atom. The molecule has 0 saturated carbocycles. The molecule has 1 unspecified atom stereocenters. The number of amides is 4. The number of hydrogen-bond donors (Lipinski definition) is 2. The summed E-state index contributed by atoms with van der Waals surface area (Å²) in [4.78, 5) is 37.7. The van der Waals surface area contributed by atoms with Gasteiger partial charge in [-0.25, -0.2) is 4.79 Å². The summed E-state index contributed by atoms with van der Waals surface area (Å²) in [5.74, 6) is -0.0957. The monoisotopic (exact) mass is 367 g/mol. The molecule has 140 valence electrons. The number of nitrogens with one attached hydrogen (secondary N) is 2. The van der Waals surface area contributed by atoms with Crippen LogP contribution in [0.5, 0.6) is 5.75 Å². The van der Waals surface area contributed by atoms with Crippen molar-refractivity contribution < 1.29 is 19.1 Å². The van der Waals surface area contributed by atoms with Crippen LogP contribution in [-0.4, -0.2) is 42.4 Å². The van der Waals surface area contributed by atoms with Crippen molar-refractivity contribution >= 4 is 17.8 Å². The van der Waals surface area contributed by atoms with Crippen LogP contribution in [0.25, 0.3) is 0 Å². The van der Waals surface area contributed by atoms with Crippen molar-refractivity contribution in [3.05, 3.63) is 65.7 Å². The Balaban J connectivity index is 1.54. The number of methoxy groups -OCH3 is 1. The quantitative estimate of drug-likeness (QED) is 0.726. The van der Waals surface area contributed by atoms with Gasteiger partial charge in [-0.15, -0.1) is 0 Å². The van der Waals surface area contributed by atoms with Gasteiger partial charge in [0.05, 0.1) is 7.11 Å². The molecule has 4 amide bonds. The van der Waals surface area contributed by atoms with Crippen molar-refractivity contribution in [2.75, 3.05) is 13.7 Å². The second-order valence-electron chi connectivity index (χ2n) is 6.24. The lowest BCUT2D eigenvalue weighted by molar-refractivity contribution is -0.132. The van der Waals surface area contributed by atoms with Gasteiger partial charge >= 0.3 is 6.03 Å². The number of carbonyl (C=O) groups excluding carboxylic acids is 3. The molecule has 0 spiro atoms. The molecular weight excluding hydrogens is 346 g/mol. The van der Waals surface area contributed by atoms with Crippen LogP contribution in [0.3, 0.4) is 0 Å². The second kappa shape index (κ2) is 8.35. The van der Waals surface area contributed by atoms with Gasteiger partial charge in [0.2, 0.25) is 5.91 Å². The zero-order chi connectivity index (χ0) is 19.2. The summed E-state index contributed by atoms with van der Waals surface area (Å²) >= 11 is 0. The van der Waals surface area contributed by atoms with Gasteiger partial charge in [0.25, 0.3) is 5.91 Å². The van der Waals surface area contributed by atoms with E-state index in [-0.39, 0.29) is 19.0 Å². The van der Waals surface area contributed by atoms with E-state index in [4.69, 9.17) is 4.74 Å². The molecule has 1 heterocycles. The molecule has 1 atom stereocenters. The van der Waals surface area contributed by atoms with Crippen molar-refractivity contribution in [1.29, 1.82) is 0 Å². The Hall–Kier alpha value is -3.35. The van der Waals surface area contributed by atoms with Crippen LogP contribution >= 0.6 is 0 Å². The Morgan fingerprint density at radius 3 is 2.59 bits per heavy atom. The number of ether oxygens (including phenoxy) is 1. The second-order valence-corrected chi connectivity index (χ2v) is 6.24. The average molecular weight is 367 g/mol. The van der Waals surface area contributed by atoms with E-state index in [0.29, 0.717) is 12.2 Å². The summed E-state index contributed by atoms with van der Waals surface area (Å²) in [5.41, 5.74) is 1.81. The molecule has 1 aliphatic rings. The van der Waals surface area contributed by atoms with Crippen LogP contribution in [0.4, 0.5) is 4.79 Å². The topological polar surface area (TPSA) is 87.7 Å². The van der Waals surface area contributed by atoms with Gasteiger partial charge in [0.15, 0.2) is 0 Å². The molecule has 0 bridgehead atoms. The minimum atomic E-state index is -0.647. The fourth-order valence-electron chi connectivity index (χ4n) is 2.90. The highest BCUT2D eigenvalue weighted by Crippen LogP contribution is 2.13. The molecule has 0 aromatic heterocycles. The zero-order valence-corrected chi connectivity index (χ0v) is 15.0. The van der Waals surface area contributed by atoms with E-state index in [1.165, 1.54) is 0 Å². The van der Waals surface area contributed by atoms with Crippen LogP contribution in [0.1, 0.15) is 11.1 Å². The molecule has 0 aliphatic carbocycles. The number of rotatable bonds is 7. The number of nitrogens with zero attached hydrogens (tertiary/aromatic N) is 1. The summed E-state index contributed by atoms with van der Waals surface area (Å²) in [7, 11) is 1.57.